The van der Waals surface area contributed by atoms with Crippen LogP contribution < -0.4 is 0 Å². The summed E-state index contributed by atoms with van der Waals surface area (Å²) in [6.07, 6.45) is 0.306. The number of rotatable bonds is 5. The predicted octanol–water partition coefficient (Wildman–Crippen LogP) is 3.70. The Hall–Kier alpha value is -2.39. The van der Waals surface area contributed by atoms with E-state index >= 15 is 0 Å². The number of carbonyl (C=O) groups excluding carboxylic acids is 1. The van der Waals surface area contributed by atoms with Crippen LogP contribution in [0.15, 0.2) is 66.7 Å². The smallest absolute Gasteiger partial charge is 0.338 e. The topological polar surface area (TPSA) is 46.5 Å². The molecule has 1 unspecified atom stereocenters. The van der Waals surface area contributed by atoms with Crippen molar-refractivity contribution < 1.29 is 14.6 Å². The zero-order chi connectivity index (χ0) is 15.9. The first-order valence-corrected chi connectivity index (χ1v) is 7.26. The van der Waals surface area contributed by atoms with Gasteiger partial charge in [0, 0.05) is 0 Å². The molecule has 0 aliphatic rings. The molecule has 0 amide bonds. The lowest BCUT2D eigenvalue weighted by Crippen LogP contribution is -2.27. The molecule has 0 aliphatic carbocycles. The van der Waals surface area contributed by atoms with Crippen LogP contribution in [0.4, 0.5) is 0 Å². The van der Waals surface area contributed by atoms with E-state index in [2.05, 4.69) is 0 Å². The van der Waals surface area contributed by atoms with E-state index in [0.717, 1.165) is 11.1 Å². The molecule has 2 atom stereocenters. The fourth-order valence-electron chi connectivity index (χ4n) is 2.08. The minimum atomic E-state index is -0.786. The van der Waals surface area contributed by atoms with Gasteiger partial charge in [0.25, 0.3) is 0 Å². The number of hydrogen-bond acceptors (Lipinski definition) is 3. The van der Waals surface area contributed by atoms with Gasteiger partial charge in [-0.25, -0.2) is 4.79 Å². The maximum atomic E-state index is 12.1. The van der Waals surface area contributed by atoms with Gasteiger partial charge in [-0.15, -0.1) is 0 Å². The third-order valence-electron chi connectivity index (χ3n) is 3.37. The molecule has 0 heterocycles. The maximum absolute atomic E-state index is 12.1. The average molecular weight is 296 g/mol. The van der Waals surface area contributed by atoms with E-state index < -0.39 is 18.2 Å². The second-order valence-electron chi connectivity index (χ2n) is 5.19. The SMILES string of the molecule is C/C(=C\C(OC(=O)c1ccccc1)[C@@H](C)O)c1ccccc1. The van der Waals surface area contributed by atoms with Gasteiger partial charge in [0.1, 0.15) is 6.10 Å². The van der Waals surface area contributed by atoms with Gasteiger partial charge in [0.05, 0.1) is 11.7 Å². The van der Waals surface area contributed by atoms with E-state index in [4.69, 9.17) is 4.74 Å². The number of carbonyl (C=O) groups is 1. The molecule has 0 bridgehead atoms. The van der Waals surface area contributed by atoms with Gasteiger partial charge in [-0.3, -0.25) is 0 Å². The molecule has 2 rings (SSSR count). The molecule has 0 saturated carbocycles. The van der Waals surface area contributed by atoms with Crippen LogP contribution in [0.2, 0.25) is 0 Å². The fraction of sp³-hybridized carbons (Fsp3) is 0.211. The van der Waals surface area contributed by atoms with Crippen LogP contribution in [0.1, 0.15) is 29.8 Å². The summed E-state index contributed by atoms with van der Waals surface area (Å²) in [5, 5.41) is 9.88. The predicted molar refractivity (Wildman–Crippen MR) is 87.4 cm³/mol. The summed E-state index contributed by atoms with van der Waals surface area (Å²) in [7, 11) is 0. The Balaban J connectivity index is 2.15. The first-order valence-electron chi connectivity index (χ1n) is 7.26. The zero-order valence-corrected chi connectivity index (χ0v) is 12.8. The maximum Gasteiger partial charge on any atom is 0.338 e. The molecule has 2 aromatic rings. The highest BCUT2D eigenvalue weighted by molar-refractivity contribution is 5.89. The normalized spacial score (nSPS) is 14.2. The standard InChI is InChI=1S/C19H20O3/c1-14(16-9-5-3-6-10-16)13-18(15(2)20)22-19(21)17-11-7-4-8-12-17/h3-13,15,18,20H,1-2H3/b14-13+/t15-,18?/m1/s1. The van der Waals surface area contributed by atoms with Gasteiger partial charge >= 0.3 is 5.97 Å². The van der Waals surface area contributed by atoms with Crippen LogP contribution in [0.5, 0.6) is 0 Å². The molecule has 3 nitrogen and oxygen atoms in total. The van der Waals surface area contributed by atoms with E-state index in [0.29, 0.717) is 5.56 Å². The molecule has 0 aromatic heterocycles. The van der Waals surface area contributed by atoms with Crippen molar-refractivity contribution in [2.75, 3.05) is 0 Å². The number of ether oxygens (including phenoxy) is 1. The molecule has 0 spiro atoms. The number of esters is 1. The molecule has 114 valence electrons. The van der Waals surface area contributed by atoms with Crippen molar-refractivity contribution >= 4 is 11.5 Å². The Labute approximate surface area is 130 Å². The Morgan fingerprint density at radius 3 is 2.00 bits per heavy atom. The van der Waals surface area contributed by atoms with E-state index in [1.807, 2.05) is 43.3 Å². The summed E-state index contributed by atoms with van der Waals surface area (Å²) in [5.41, 5.74) is 2.45. The number of aliphatic hydroxyl groups is 1. The number of aliphatic hydroxyl groups excluding tert-OH is 1. The lowest BCUT2D eigenvalue weighted by Gasteiger charge is -2.18. The zero-order valence-electron chi connectivity index (χ0n) is 12.8. The van der Waals surface area contributed by atoms with Crippen LogP contribution in [0.3, 0.4) is 0 Å². The van der Waals surface area contributed by atoms with E-state index in [1.54, 1.807) is 37.3 Å². The molecule has 0 fully saturated rings. The number of allylic oxidation sites excluding steroid dienone is 1. The van der Waals surface area contributed by atoms with Crippen molar-refractivity contribution in [3.05, 3.63) is 77.9 Å². The van der Waals surface area contributed by atoms with Crippen molar-refractivity contribution in [3.63, 3.8) is 0 Å². The first-order chi connectivity index (χ1) is 10.6. The highest BCUT2D eigenvalue weighted by Gasteiger charge is 2.19. The second-order valence-corrected chi connectivity index (χ2v) is 5.19. The van der Waals surface area contributed by atoms with Crippen molar-refractivity contribution in [2.24, 2.45) is 0 Å². The molecule has 0 aliphatic heterocycles. The summed E-state index contributed by atoms with van der Waals surface area (Å²) in [5.74, 6) is -0.441. The highest BCUT2D eigenvalue weighted by atomic mass is 16.6. The Bertz CT molecular complexity index is 630. The van der Waals surface area contributed by atoms with Gasteiger partial charge in [0.15, 0.2) is 0 Å². The van der Waals surface area contributed by atoms with Crippen LogP contribution >= 0.6 is 0 Å². The van der Waals surface area contributed by atoms with Crippen molar-refractivity contribution in [1.29, 1.82) is 0 Å². The summed E-state index contributed by atoms with van der Waals surface area (Å²) >= 11 is 0. The third kappa shape index (κ3) is 4.30. The second kappa shape index (κ2) is 7.57. The lowest BCUT2D eigenvalue weighted by molar-refractivity contribution is 0.00585. The van der Waals surface area contributed by atoms with Gasteiger partial charge < -0.3 is 9.84 Å². The Kier molecular flexibility index (Phi) is 5.50. The number of hydrogen-bond donors (Lipinski definition) is 1. The summed E-state index contributed by atoms with van der Waals surface area (Å²) in [4.78, 5) is 12.1. The van der Waals surface area contributed by atoms with E-state index in [1.165, 1.54) is 0 Å². The van der Waals surface area contributed by atoms with Crippen molar-refractivity contribution in [3.8, 4) is 0 Å². The third-order valence-corrected chi connectivity index (χ3v) is 3.37. The van der Waals surface area contributed by atoms with Crippen LogP contribution in [-0.4, -0.2) is 23.3 Å². The molecule has 0 saturated heterocycles. The first kappa shape index (κ1) is 16.0. The van der Waals surface area contributed by atoms with E-state index in [9.17, 15) is 9.90 Å². The van der Waals surface area contributed by atoms with Gasteiger partial charge in [-0.2, -0.15) is 0 Å². The minimum absolute atomic E-state index is 0.441. The average Bonchev–Trinajstić information content (AvgIpc) is 2.55. The van der Waals surface area contributed by atoms with Crippen LogP contribution in [0.25, 0.3) is 5.57 Å². The Morgan fingerprint density at radius 1 is 1.00 bits per heavy atom. The molecule has 1 N–H and O–H groups in total. The van der Waals surface area contributed by atoms with Crippen LogP contribution in [-0.2, 0) is 4.74 Å². The van der Waals surface area contributed by atoms with Gasteiger partial charge in [-0.05, 0) is 43.2 Å². The molecular formula is C19H20O3. The molecule has 22 heavy (non-hydrogen) atoms. The monoisotopic (exact) mass is 296 g/mol. The summed E-state index contributed by atoms with van der Waals surface area (Å²) in [6.45, 7) is 3.54. The quantitative estimate of drug-likeness (QED) is 0.856. The largest absolute Gasteiger partial charge is 0.452 e. The number of benzene rings is 2. The van der Waals surface area contributed by atoms with Gasteiger partial charge in [0.2, 0.25) is 0 Å². The van der Waals surface area contributed by atoms with Crippen molar-refractivity contribution in [1.82, 2.24) is 0 Å². The minimum Gasteiger partial charge on any atom is -0.452 e. The summed E-state index contributed by atoms with van der Waals surface area (Å²) in [6, 6.07) is 18.6. The molecule has 3 heteroatoms. The summed E-state index contributed by atoms with van der Waals surface area (Å²) < 4.78 is 5.42. The fourth-order valence-corrected chi connectivity index (χ4v) is 2.08. The van der Waals surface area contributed by atoms with Crippen molar-refractivity contribution in [2.45, 2.75) is 26.1 Å². The Morgan fingerprint density at radius 2 is 1.50 bits per heavy atom. The van der Waals surface area contributed by atoms with Crippen LogP contribution in [0, 0.1) is 0 Å². The molecule has 0 radical (unpaired) electrons. The molecular weight excluding hydrogens is 276 g/mol. The highest BCUT2D eigenvalue weighted by Crippen LogP contribution is 2.17. The lowest BCUT2D eigenvalue weighted by atomic mass is 10.0. The van der Waals surface area contributed by atoms with Gasteiger partial charge in [-0.1, -0.05) is 48.5 Å². The molecule has 2 aromatic carbocycles. The van der Waals surface area contributed by atoms with E-state index in [-0.39, 0.29) is 0 Å².